The first-order chi connectivity index (χ1) is 9.39. The topological polar surface area (TPSA) is 12.0 Å². The standard InChI is InChI=1S/C13H14ClF6N/c1-6-4-8(9(14)5-7(6)2)10(21-3)11(12(15,16)17)13(18,19)20/h4-5,10-11,21H,1-3H3. The van der Waals surface area contributed by atoms with Gasteiger partial charge in [-0.15, -0.1) is 0 Å². The molecule has 0 fully saturated rings. The monoisotopic (exact) mass is 333 g/mol. The van der Waals surface area contributed by atoms with E-state index < -0.39 is 24.3 Å². The van der Waals surface area contributed by atoms with E-state index >= 15 is 0 Å². The van der Waals surface area contributed by atoms with Gasteiger partial charge in [0.05, 0.1) is 6.04 Å². The largest absolute Gasteiger partial charge is 0.402 e. The minimum atomic E-state index is -5.44. The highest BCUT2D eigenvalue weighted by Gasteiger charge is 2.60. The second-order valence-electron chi connectivity index (χ2n) is 4.79. The summed E-state index contributed by atoms with van der Waals surface area (Å²) in [5.74, 6) is -3.53. The number of hydrogen-bond donors (Lipinski definition) is 1. The van der Waals surface area contributed by atoms with Crippen LogP contribution in [0.25, 0.3) is 0 Å². The van der Waals surface area contributed by atoms with Crippen LogP contribution in [0.3, 0.4) is 0 Å². The molecule has 1 atom stereocenters. The molecule has 120 valence electrons. The summed E-state index contributed by atoms with van der Waals surface area (Å²) in [4.78, 5) is 0. The molecule has 0 saturated carbocycles. The molecule has 0 aromatic heterocycles. The van der Waals surface area contributed by atoms with E-state index in [2.05, 4.69) is 5.32 Å². The smallest absolute Gasteiger partial charge is 0.312 e. The summed E-state index contributed by atoms with van der Waals surface area (Å²) in [6, 6.07) is 0.612. The summed E-state index contributed by atoms with van der Waals surface area (Å²) in [6.45, 7) is 3.27. The molecule has 0 saturated heterocycles. The van der Waals surface area contributed by atoms with Crippen LogP contribution >= 0.6 is 11.6 Å². The summed E-state index contributed by atoms with van der Waals surface area (Å²) in [5.41, 5.74) is 1.04. The third-order valence-corrected chi connectivity index (χ3v) is 3.63. The Bertz CT molecular complexity index is 495. The Morgan fingerprint density at radius 3 is 1.76 bits per heavy atom. The van der Waals surface area contributed by atoms with Crippen molar-refractivity contribution in [2.24, 2.45) is 5.92 Å². The lowest BCUT2D eigenvalue weighted by atomic mass is 9.90. The molecular formula is C13H14ClF6N. The van der Waals surface area contributed by atoms with E-state index in [0.717, 1.165) is 7.05 Å². The number of benzene rings is 1. The fourth-order valence-electron chi connectivity index (χ4n) is 2.11. The van der Waals surface area contributed by atoms with Gasteiger partial charge in [-0.1, -0.05) is 17.7 Å². The normalized spacial score (nSPS) is 14.6. The quantitative estimate of drug-likeness (QED) is 0.771. The highest BCUT2D eigenvalue weighted by Crippen LogP contribution is 2.47. The van der Waals surface area contributed by atoms with Gasteiger partial charge in [0.15, 0.2) is 5.92 Å². The zero-order chi connectivity index (χ0) is 16.6. The summed E-state index contributed by atoms with van der Waals surface area (Å²) in [7, 11) is 1.04. The van der Waals surface area contributed by atoms with Crippen molar-refractivity contribution < 1.29 is 26.3 Å². The van der Waals surface area contributed by atoms with Gasteiger partial charge in [-0.2, -0.15) is 26.3 Å². The SMILES string of the molecule is CNC(c1cc(C)c(C)cc1Cl)C(C(F)(F)F)C(F)(F)F. The second-order valence-corrected chi connectivity index (χ2v) is 5.19. The molecule has 0 aliphatic rings. The van der Waals surface area contributed by atoms with Gasteiger partial charge in [-0.05, 0) is 43.7 Å². The number of hydrogen-bond acceptors (Lipinski definition) is 1. The molecule has 0 heterocycles. The van der Waals surface area contributed by atoms with Crippen LogP contribution in [0.5, 0.6) is 0 Å². The molecule has 1 rings (SSSR count). The van der Waals surface area contributed by atoms with E-state index in [1.165, 1.54) is 12.1 Å². The van der Waals surface area contributed by atoms with Crippen LogP contribution in [-0.4, -0.2) is 19.4 Å². The summed E-state index contributed by atoms with van der Waals surface area (Å²) >= 11 is 5.84. The van der Waals surface area contributed by atoms with Gasteiger partial charge in [0.2, 0.25) is 0 Å². The molecule has 1 nitrogen and oxygen atoms in total. The van der Waals surface area contributed by atoms with Crippen LogP contribution in [0.4, 0.5) is 26.3 Å². The average molecular weight is 334 g/mol. The van der Waals surface area contributed by atoms with Gasteiger partial charge >= 0.3 is 12.4 Å². The molecule has 0 aliphatic heterocycles. The number of alkyl halides is 6. The van der Waals surface area contributed by atoms with Crippen LogP contribution in [0.15, 0.2) is 12.1 Å². The molecule has 0 spiro atoms. The van der Waals surface area contributed by atoms with Crippen LogP contribution in [0, 0.1) is 19.8 Å². The van der Waals surface area contributed by atoms with Crippen molar-refractivity contribution in [3.63, 3.8) is 0 Å². The van der Waals surface area contributed by atoms with E-state index in [1.54, 1.807) is 13.8 Å². The predicted molar refractivity (Wildman–Crippen MR) is 68.3 cm³/mol. The molecule has 1 aromatic carbocycles. The van der Waals surface area contributed by atoms with Crippen LogP contribution < -0.4 is 5.32 Å². The lowest BCUT2D eigenvalue weighted by Crippen LogP contribution is -2.45. The molecule has 0 radical (unpaired) electrons. The van der Waals surface area contributed by atoms with Crippen LogP contribution in [-0.2, 0) is 0 Å². The molecule has 0 bridgehead atoms. The third-order valence-electron chi connectivity index (χ3n) is 3.30. The first-order valence-corrected chi connectivity index (χ1v) is 6.34. The Hall–Kier alpha value is -0.950. The van der Waals surface area contributed by atoms with Crippen molar-refractivity contribution >= 4 is 11.6 Å². The minimum absolute atomic E-state index is 0.129. The second kappa shape index (κ2) is 6.04. The molecule has 1 aromatic rings. The van der Waals surface area contributed by atoms with Crippen molar-refractivity contribution in [1.29, 1.82) is 0 Å². The fraction of sp³-hybridized carbons (Fsp3) is 0.538. The van der Waals surface area contributed by atoms with Gasteiger partial charge < -0.3 is 5.32 Å². The van der Waals surface area contributed by atoms with E-state index in [-0.39, 0.29) is 10.6 Å². The van der Waals surface area contributed by atoms with E-state index in [1.807, 2.05) is 0 Å². The predicted octanol–water partition coefficient (Wildman–Crippen LogP) is 4.96. The van der Waals surface area contributed by atoms with Gasteiger partial charge in [0.25, 0.3) is 0 Å². The minimum Gasteiger partial charge on any atom is -0.312 e. The van der Waals surface area contributed by atoms with Crippen LogP contribution in [0.1, 0.15) is 22.7 Å². The molecule has 21 heavy (non-hydrogen) atoms. The molecule has 1 N–H and O–H groups in total. The Kier molecular flexibility index (Phi) is 5.21. The average Bonchev–Trinajstić information content (AvgIpc) is 2.27. The Morgan fingerprint density at radius 1 is 0.952 bits per heavy atom. The molecule has 0 amide bonds. The van der Waals surface area contributed by atoms with Crippen molar-refractivity contribution in [3.8, 4) is 0 Å². The van der Waals surface area contributed by atoms with Crippen molar-refractivity contribution in [1.82, 2.24) is 5.32 Å². The van der Waals surface area contributed by atoms with E-state index in [9.17, 15) is 26.3 Å². The molecule has 8 heteroatoms. The number of nitrogens with one attached hydrogen (secondary N) is 1. The first kappa shape index (κ1) is 18.1. The lowest BCUT2D eigenvalue weighted by Gasteiger charge is -2.31. The van der Waals surface area contributed by atoms with Gasteiger partial charge in [0, 0.05) is 5.02 Å². The Labute approximate surface area is 123 Å². The Morgan fingerprint density at radius 2 is 1.38 bits per heavy atom. The van der Waals surface area contributed by atoms with Gasteiger partial charge in [-0.3, -0.25) is 0 Å². The highest BCUT2D eigenvalue weighted by molar-refractivity contribution is 6.31. The first-order valence-electron chi connectivity index (χ1n) is 5.97. The maximum Gasteiger partial charge on any atom is 0.402 e. The number of rotatable bonds is 3. The molecule has 0 aliphatic carbocycles. The number of aryl methyl sites for hydroxylation is 2. The van der Waals surface area contributed by atoms with Gasteiger partial charge in [0.1, 0.15) is 0 Å². The zero-order valence-corrected chi connectivity index (χ0v) is 12.2. The zero-order valence-electron chi connectivity index (χ0n) is 11.5. The van der Waals surface area contributed by atoms with E-state index in [4.69, 9.17) is 11.6 Å². The maximum atomic E-state index is 12.8. The summed E-state index contributed by atoms with van der Waals surface area (Å²) in [5, 5.41) is 1.97. The van der Waals surface area contributed by atoms with E-state index in [0.29, 0.717) is 11.1 Å². The van der Waals surface area contributed by atoms with Crippen LogP contribution in [0.2, 0.25) is 5.02 Å². The summed E-state index contributed by atoms with van der Waals surface area (Å²) in [6.07, 6.45) is -10.9. The Balaban J connectivity index is 3.44. The van der Waals surface area contributed by atoms with Crippen molar-refractivity contribution in [2.75, 3.05) is 7.05 Å². The summed E-state index contributed by atoms with van der Waals surface area (Å²) < 4.78 is 77.1. The molecular weight excluding hydrogens is 320 g/mol. The fourth-order valence-corrected chi connectivity index (χ4v) is 2.44. The van der Waals surface area contributed by atoms with Gasteiger partial charge in [-0.25, -0.2) is 0 Å². The van der Waals surface area contributed by atoms with Crippen molar-refractivity contribution in [2.45, 2.75) is 32.2 Å². The highest BCUT2D eigenvalue weighted by atomic mass is 35.5. The third kappa shape index (κ3) is 4.03. The maximum absolute atomic E-state index is 12.8. The lowest BCUT2D eigenvalue weighted by molar-refractivity contribution is -0.292. The number of halogens is 7. The molecule has 1 unspecified atom stereocenters. The van der Waals surface area contributed by atoms with Crippen molar-refractivity contribution in [3.05, 3.63) is 33.8 Å².